The average molecular weight is 454 g/mol. The van der Waals surface area contributed by atoms with Crippen LogP contribution in [-0.2, 0) is 24.8 Å². The average Bonchev–Trinajstić information content (AvgIpc) is 3.42. The number of amides is 2. The predicted molar refractivity (Wildman–Crippen MR) is 119 cm³/mol. The first-order valence-corrected chi connectivity index (χ1v) is 11.1. The van der Waals surface area contributed by atoms with E-state index in [9.17, 15) is 9.59 Å². The highest BCUT2D eigenvalue weighted by Gasteiger charge is 2.17. The molecule has 32 heavy (non-hydrogen) atoms. The normalized spacial score (nSPS) is 11.9. The molecule has 2 aromatic carbocycles. The number of hydrogen-bond acceptors (Lipinski definition) is 7. The molecule has 1 aliphatic rings. The fourth-order valence-corrected chi connectivity index (χ4v) is 3.86. The summed E-state index contributed by atoms with van der Waals surface area (Å²) in [6, 6.07) is 15.0. The van der Waals surface area contributed by atoms with E-state index in [1.807, 2.05) is 30.3 Å². The lowest BCUT2D eigenvalue weighted by molar-refractivity contribution is -0.118. The predicted octanol–water partition coefficient (Wildman–Crippen LogP) is 1.92. The van der Waals surface area contributed by atoms with Gasteiger partial charge in [-0.3, -0.25) is 9.59 Å². The Kier molecular flexibility index (Phi) is 6.90. The zero-order valence-electron chi connectivity index (χ0n) is 17.5. The van der Waals surface area contributed by atoms with Crippen molar-refractivity contribution in [1.82, 2.24) is 25.4 Å². The first-order valence-electron chi connectivity index (χ1n) is 10.1. The molecule has 0 radical (unpaired) electrons. The molecule has 166 valence electrons. The Morgan fingerprint density at radius 3 is 2.72 bits per heavy atom. The van der Waals surface area contributed by atoms with Crippen molar-refractivity contribution < 1.29 is 19.1 Å². The molecule has 0 spiro atoms. The van der Waals surface area contributed by atoms with Crippen LogP contribution in [0.2, 0.25) is 0 Å². The molecule has 2 N–H and O–H groups in total. The van der Waals surface area contributed by atoms with E-state index in [0.717, 1.165) is 6.42 Å². The van der Waals surface area contributed by atoms with Crippen LogP contribution in [0.25, 0.3) is 0 Å². The Morgan fingerprint density at radius 2 is 1.88 bits per heavy atom. The summed E-state index contributed by atoms with van der Waals surface area (Å²) in [6.45, 7) is 0.949. The quantitative estimate of drug-likeness (QED) is 0.477. The number of ether oxygens (including phenoxy) is 2. The second-order valence-electron chi connectivity index (χ2n) is 7.08. The highest BCUT2D eigenvalue weighted by atomic mass is 32.2. The Balaban J connectivity index is 1.22. The largest absolute Gasteiger partial charge is 0.454 e. The second kappa shape index (κ2) is 10.2. The number of rotatable bonds is 9. The minimum atomic E-state index is -0.252. The lowest BCUT2D eigenvalue weighted by atomic mass is 10.1. The van der Waals surface area contributed by atoms with E-state index in [4.69, 9.17) is 9.47 Å². The number of nitrogens with one attached hydrogen (secondary N) is 2. The van der Waals surface area contributed by atoms with Crippen LogP contribution in [0.3, 0.4) is 0 Å². The fraction of sp³-hybridized carbons (Fsp3) is 0.273. The Morgan fingerprint density at radius 1 is 1.06 bits per heavy atom. The highest BCUT2D eigenvalue weighted by Crippen LogP contribution is 2.32. The van der Waals surface area contributed by atoms with E-state index in [1.54, 1.807) is 29.8 Å². The molecular weight excluding hydrogens is 430 g/mol. The van der Waals surface area contributed by atoms with Crippen molar-refractivity contribution in [2.75, 3.05) is 19.1 Å². The molecule has 9 nitrogen and oxygen atoms in total. The van der Waals surface area contributed by atoms with Gasteiger partial charge >= 0.3 is 0 Å². The monoisotopic (exact) mass is 453 g/mol. The van der Waals surface area contributed by atoms with Crippen molar-refractivity contribution in [2.45, 2.75) is 18.1 Å². The molecule has 0 bridgehead atoms. The van der Waals surface area contributed by atoms with Crippen LogP contribution < -0.4 is 20.1 Å². The van der Waals surface area contributed by atoms with Gasteiger partial charge in [0.05, 0.1) is 12.3 Å². The van der Waals surface area contributed by atoms with Gasteiger partial charge in [-0.25, -0.2) is 0 Å². The minimum Gasteiger partial charge on any atom is -0.454 e. The maximum atomic E-state index is 12.4. The number of carbonyl (C=O) groups excluding carboxylic acids is 2. The van der Waals surface area contributed by atoms with Crippen molar-refractivity contribution in [1.29, 1.82) is 0 Å². The van der Waals surface area contributed by atoms with Gasteiger partial charge in [-0.15, -0.1) is 10.2 Å². The second-order valence-corrected chi connectivity index (χ2v) is 8.03. The Labute approximate surface area is 189 Å². The van der Waals surface area contributed by atoms with Crippen LogP contribution in [-0.4, -0.2) is 45.7 Å². The smallest absolute Gasteiger partial charge is 0.251 e. The van der Waals surface area contributed by atoms with Crippen LogP contribution in [0.1, 0.15) is 21.7 Å². The third-order valence-corrected chi connectivity index (χ3v) is 5.90. The molecule has 1 aromatic heterocycles. The Hall–Kier alpha value is -3.53. The molecule has 0 unspecified atom stereocenters. The number of carbonyl (C=O) groups is 2. The molecule has 0 atom stereocenters. The summed E-state index contributed by atoms with van der Waals surface area (Å²) >= 11 is 1.30. The van der Waals surface area contributed by atoms with Crippen molar-refractivity contribution in [3.8, 4) is 11.5 Å². The minimum absolute atomic E-state index is 0.0633. The Bertz CT molecular complexity index is 1100. The van der Waals surface area contributed by atoms with Gasteiger partial charge in [-0.1, -0.05) is 42.1 Å². The molecule has 0 saturated heterocycles. The molecule has 2 amide bonds. The third kappa shape index (κ3) is 5.38. The first kappa shape index (κ1) is 21.7. The van der Waals surface area contributed by atoms with Gasteiger partial charge in [-0.05, 0) is 30.2 Å². The van der Waals surface area contributed by atoms with Crippen LogP contribution in [0.15, 0.2) is 53.7 Å². The van der Waals surface area contributed by atoms with Crippen LogP contribution in [0.5, 0.6) is 11.5 Å². The molecule has 0 fully saturated rings. The number of aromatic nitrogens is 3. The van der Waals surface area contributed by atoms with E-state index in [2.05, 4.69) is 20.8 Å². The SMILES string of the molecule is Cn1c(CNC(=O)c2ccc3c(c2)OCO3)nnc1SCC(=O)NCCc1ccccc1. The maximum Gasteiger partial charge on any atom is 0.251 e. The van der Waals surface area contributed by atoms with Crippen molar-refractivity contribution in [2.24, 2.45) is 7.05 Å². The molecule has 2 heterocycles. The van der Waals surface area contributed by atoms with Gasteiger partial charge in [-0.2, -0.15) is 0 Å². The molecule has 4 rings (SSSR count). The molecule has 10 heteroatoms. The van der Waals surface area contributed by atoms with E-state index in [0.29, 0.717) is 34.6 Å². The highest BCUT2D eigenvalue weighted by molar-refractivity contribution is 7.99. The lowest BCUT2D eigenvalue weighted by Gasteiger charge is -2.07. The number of thioether (sulfide) groups is 1. The summed E-state index contributed by atoms with van der Waals surface area (Å²) in [4.78, 5) is 24.5. The van der Waals surface area contributed by atoms with E-state index in [-0.39, 0.29) is 30.9 Å². The van der Waals surface area contributed by atoms with Crippen LogP contribution >= 0.6 is 11.8 Å². The summed E-state index contributed by atoms with van der Waals surface area (Å²) in [6.07, 6.45) is 0.786. The van der Waals surface area contributed by atoms with Gasteiger partial charge in [0.1, 0.15) is 0 Å². The van der Waals surface area contributed by atoms with Crippen LogP contribution in [0, 0.1) is 0 Å². The summed E-state index contributed by atoms with van der Waals surface area (Å²) in [5, 5.41) is 14.6. The van der Waals surface area contributed by atoms with E-state index < -0.39 is 0 Å². The van der Waals surface area contributed by atoms with Gasteiger partial charge < -0.3 is 24.7 Å². The maximum absolute atomic E-state index is 12.4. The van der Waals surface area contributed by atoms with E-state index >= 15 is 0 Å². The molecular formula is C22H23N5O4S. The number of hydrogen-bond donors (Lipinski definition) is 2. The number of nitrogens with zero attached hydrogens (tertiary/aromatic N) is 3. The zero-order chi connectivity index (χ0) is 22.3. The van der Waals surface area contributed by atoms with Gasteiger partial charge in [0.15, 0.2) is 22.5 Å². The topological polar surface area (TPSA) is 107 Å². The van der Waals surface area contributed by atoms with Gasteiger partial charge in [0.2, 0.25) is 12.7 Å². The molecule has 0 saturated carbocycles. The van der Waals surface area contributed by atoms with E-state index in [1.165, 1.54) is 17.3 Å². The molecule has 1 aliphatic heterocycles. The summed E-state index contributed by atoms with van der Waals surface area (Å²) < 4.78 is 12.3. The van der Waals surface area contributed by atoms with Crippen molar-refractivity contribution in [3.63, 3.8) is 0 Å². The van der Waals surface area contributed by atoms with Crippen LogP contribution in [0.4, 0.5) is 0 Å². The lowest BCUT2D eigenvalue weighted by Crippen LogP contribution is -2.27. The summed E-state index contributed by atoms with van der Waals surface area (Å²) in [5.41, 5.74) is 1.65. The number of fused-ring (bicyclic) bond motifs is 1. The molecule has 0 aliphatic carbocycles. The summed E-state index contributed by atoms with van der Waals surface area (Å²) in [7, 11) is 1.80. The summed E-state index contributed by atoms with van der Waals surface area (Å²) in [5.74, 6) is 1.69. The van der Waals surface area contributed by atoms with Gasteiger partial charge in [0.25, 0.3) is 5.91 Å². The standard InChI is InChI=1S/C22H23N5O4S/c1-27-19(12-24-21(29)16-7-8-17-18(11-16)31-14-30-17)25-26-22(27)32-13-20(28)23-10-9-15-5-3-2-4-6-15/h2-8,11H,9-10,12-14H2,1H3,(H,23,28)(H,24,29). The zero-order valence-corrected chi connectivity index (χ0v) is 18.4. The van der Waals surface area contributed by atoms with Crippen molar-refractivity contribution in [3.05, 3.63) is 65.5 Å². The van der Waals surface area contributed by atoms with Gasteiger partial charge in [0, 0.05) is 19.2 Å². The van der Waals surface area contributed by atoms with Crippen molar-refractivity contribution >= 4 is 23.6 Å². The fourth-order valence-electron chi connectivity index (χ4n) is 3.10. The molecule has 3 aromatic rings. The first-order chi connectivity index (χ1) is 15.6. The number of benzene rings is 2. The third-order valence-electron chi connectivity index (χ3n) is 4.88.